The lowest BCUT2D eigenvalue weighted by molar-refractivity contribution is -0.384. The Morgan fingerprint density at radius 1 is 1.14 bits per heavy atom. The van der Waals surface area contributed by atoms with Crippen molar-refractivity contribution in [2.45, 2.75) is 56.7 Å². The number of nitro groups is 1. The summed E-state index contributed by atoms with van der Waals surface area (Å²) in [6.45, 7) is 0. The fraction of sp³-hybridized carbons (Fsp3) is 0.562. The van der Waals surface area contributed by atoms with Gasteiger partial charge in [0.1, 0.15) is 0 Å². The van der Waals surface area contributed by atoms with Crippen molar-refractivity contribution in [1.82, 2.24) is 4.90 Å². The molecule has 1 aliphatic heterocycles. The molecular formula is C16H21N3O3. The smallest absolute Gasteiger partial charge is 0.269 e. The van der Waals surface area contributed by atoms with Gasteiger partial charge in [-0.1, -0.05) is 31.4 Å². The summed E-state index contributed by atoms with van der Waals surface area (Å²) in [6.07, 6.45) is 5.95. The Bertz CT molecular complexity index is 567. The highest BCUT2D eigenvalue weighted by molar-refractivity contribution is 5.80. The summed E-state index contributed by atoms with van der Waals surface area (Å²) in [5.74, 6) is 0.114. The molecule has 1 saturated heterocycles. The van der Waals surface area contributed by atoms with Crippen molar-refractivity contribution in [3.63, 3.8) is 0 Å². The highest BCUT2D eigenvalue weighted by atomic mass is 16.6. The maximum atomic E-state index is 12.4. The molecule has 118 valence electrons. The van der Waals surface area contributed by atoms with Crippen LogP contribution in [0.2, 0.25) is 0 Å². The first kappa shape index (κ1) is 15.0. The lowest BCUT2D eigenvalue weighted by Crippen LogP contribution is -2.41. The standard InChI is InChI=1S/C16H21N3O3/c17-14-10-15(20)18(12-4-2-1-3-5-12)16(14)11-6-8-13(9-7-11)19(21)22/h6-9,12,14,16H,1-5,10,17H2. The first-order valence-electron chi connectivity index (χ1n) is 7.89. The minimum atomic E-state index is -0.414. The number of nitrogens with two attached hydrogens (primary N) is 1. The summed E-state index contributed by atoms with van der Waals surface area (Å²) >= 11 is 0. The molecule has 1 aliphatic carbocycles. The Morgan fingerprint density at radius 3 is 2.36 bits per heavy atom. The van der Waals surface area contributed by atoms with Crippen LogP contribution in [-0.4, -0.2) is 27.8 Å². The number of hydrogen-bond acceptors (Lipinski definition) is 4. The van der Waals surface area contributed by atoms with Crippen LogP contribution in [-0.2, 0) is 4.79 Å². The van der Waals surface area contributed by atoms with Crippen molar-refractivity contribution < 1.29 is 9.72 Å². The lowest BCUT2D eigenvalue weighted by Gasteiger charge is -2.36. The van der Waals surface area contributed by atoms with Crippen LogP contribution in [0.5, 0.6) is 0 Å². The second-order valence-electron chi connectivity index (χ2n) is 6.25. The van der Waals surface area contributed by atoms with E-state index in [9.17, 15) is 14.9 Å². The summed E-state index contributed by atoms with van der Waals surface area (Å²) in [4.78, 5) is 24.7. The molecule has 0 aromatic heterocycles. The Morgan fingerprint density at radius 2 is 1.77 bits per heavy atom. The molecule has 0 spiro atoms. The zero-order valence-corrected chi connectivity index (χ0v) is 12.5. The van der Waals surface area contributed by atoms with Crippen LogP contribution in [0.15, 0.2) is 24.3 Å². The fourth-order valence-corrected chi connectivity index (χ4v) is 3.77. The van der Waals surface area contributed by atoms with Gasteiger partial charge in [0.2, 0.25) is 5.91 Å². The van der Waals surface area contributed by atoms with Crippen molar-refractivity contribution in [2.75, 3.05) is 0 Å². The Balaban J connectivity index is 1.88. The SMILES string of the molecule is NC1CC(=O)N(C2CCCCC2)C1c1ccc([N+](=O)[O-])cc1. The van der Waals surface area contributed by atoms with Gasteiger partial charge in [0.05, 0.1) is 11.0 Å². The molecule has 1 aromatic carbocycles. The third-order valence-corrected chi connectivity index (χ3v) is 4.82. The van der Waals surface area contributed by atoms with E-state index in [4.69, 9.17) is 5.73 Å². The highest BCUT2D eigenvalue weighted by Gasteiger charge is 2.42. The van der Waals surface area contributed by atoms with Crippen molar-refractivity contribution in [1.29, 1.82) is 0 Å². The van der Waals surface area contributed by atoms with E-state index in [2.05, 4.69) is 0 Å². The number of nitrogens with zero attached hydrogens (tertiary/aromatic N) is 2. The number of benzene rings is 1. The quantitative estimate of drug-likeness (QED) is 0.686. The molecule has 6 heteroatoms. The van der Waals surface area contributed by atoms with Crippen LogP contribution in [0, 0.1) is 10.1 Å². The number of non-ortho nitro benzene ring substituents is 1. The van der Waals surface area contributed by atoms with Crippen LogP contribution >= 0.6 is 0 Å². The van der Waals surface area contributed by atoms with Gasteiger partial charge in [-0.25, -0.2) is 0 Å². The highest BCUT2D eigenvalue weighted by Crippen LogP contribution is 2.38. The van der Waals surface area contributed by atoms with E-state index in [-0.39, 0.29) is 29.7 Å². The summed E-state index contributed by atoms with van der Waals surface area (Å²) < 4.78 is 0. The van der Waals surface area contributed by atoms with Crippen molar-refractivity contribution in [3.8, 4) is 0 Å². The van der Waals surface area contributed by atoms with E-state index in [1.807, 2.05) is 4.90 Å². The molecule has 0 bridgehead atoms. The second kappa shape index (κ2) is 6.04. The van der Waals surface area contributed by atoms with Gasteiger partial charge in [0.15, 0.2) is 0 Å². The lowest BCUT2D eigenvalue weighted by atomic mass is 9.92. The Labute approximate surface area is 129 Å². The van der Waals surface area contributed by atoms with Crippen LogP contribution in [0.1, 0.15) is 50.1 Å². The van der Waals surface area contributed by atoms with Gasteiger partial charge < -0.3 is 10.6 Å². The van der Waals surface area contributed by atoms with Crippen LogP contribution < -0.4 is 5.73 Å². The van der Waals surface area contributed by atoms with E-state index in [0.29, 0.717) is 6.42 Å². The number of rotatable bonds is 3. The molecule has 0 radical (unpaired) electrons. The van der Waals surface area contributed by atoms with Crippen LogP contribution in [0.4, 0.5) is 5.69 Å². The molecule has 2 aliphatic rings. The maximum absolute atomic E-state index is 12.4. The van der Waals surface area contributed by atoms with Crippen molar-refractivity contribution in [2.24, 2.45) is 5.73 Å². The minimum absolute atomic E-state index is 0.0610. The third-order valence-electron chi connectivity index (χ3n) is 4.82. The summed E-state index contributed by atoms with van der Waals surface area (Å²) in [5, 5.41) is 10.8. The molecule has 1 amide bonds. The molecule has 3 rings (SSSR count). The minimum Gasteiger partial charge on any atom is -0.331 e. The molecule has 22 heavy (non-hydrogen) atoms. The van der Waals surface area contributed by atoms with Gasteiger partial charge >= 0.3 is 0 Å². The Hall–Kier alpha value is -1.95. The summed E-state index contributed by atoms with van der Waals surface area (Å²) in [5.41, 5.74) is 7.16. The number of carbonyl (C=O) groups is 1. The molecule has 2 fully saturated rings. The predicted molar refractivity (Wildman–Crippen MR) is 82.1 cm³/mol. The van der Waals surface area contributed by atoms with Crippen molar-refractivity contribution in [3.05, 3.63) is 39.9 Å². The van der Waals surface area contributed by atoms with Gasteiger partial charge in [-0.3, -0.25) is 14.9 Å². The fourth-order valence-electron chi connectivity index (χ4n) is 3.77. The molecule has 1 saturated carbocycles. The van der Waals surface area contributed by atoms with Crippen molar-refractivity contribution >= 4 is 11.6 Å². The average molecular weight is 303 g/mol. The van der Waals surface area contributed by atoms with E-state index >= 15 is 0 Å². The molecule has 2 atom stereocenters. The zero-order valence-electron chi connectivity index (χ0n) is 12.5. The number of hydrogen-bond donors (Lipinski definition) is 1. The maximum Gasteiger partial charge on any atom is 0.269 e. The third kappa shape index (κ3) is 2.70. The number of nitro benzene ring substituents is 1. The molecule has 1 aromatic rings. The molecule has 2 N–H and O–H groups in total. The monoisotopic (exact) mass is 303 g/mol. The molecule has 6 nitrogen and oxygen atoms in total. The topological polar surface area (TPSA) is 89.5 Å². The zero-order chi connectivity index (χ0) is 15.7. The molecular weight excluding hydrogens is 282 g/mol. The van der Waals surface area contributed by atoms with Gasteiger partial charge in [-0.05, 0) is 18.4 Å². The summed E-state index contributed by atoms with van der Waals surface area (Å²) in [7, 11) is 0. The van der Waals surface area contributed by atoms with Gasteiger partial charge in [-0.2, -0.15) is 0 Å². The van der Waals surface area contributed by atoms with E-state index < -0.39 is 4.92 Å². The van der Waals surface area contributed by atoms with E-state index in [1.165, 1.54) is 18.6 Å². The van der Waals surface area contributed by atoms with Crippen LogP contribution in [0.25, 0.3) is 0 Å². The molecule has 1 heterocycles. The van der Waals surface area contributed by atoms with Gasteiger partial charge in [0, 0.05) is 30.6 Å². The number of likely N-dealkylation sites (tertiary alicyclic amines) is 1. The van der Waals surface area contributed by atoms with Gasteiger partial charge in [0.25, 0.3) is 5.69 Å². The number of amides is 1. The summed E-state index contributed by atoms with van der Waals surface area (Å²) in [6, 6.07) is 6.31. The van der Waals surface area contributed by atoms with Crippen LogP contribution in [0.3, 0.4) is 0 Å². The Kier molecular flexibility index (Phi) is 4.11. The number of carbonyl (C=O) groups excluding carboxylic acids is 1. The van der Waals surface area contributed by atoms with Gasteiger partial charge in [-0.15, -0.1) is 0 Å². The normalized spacial score (nSPS) is 26.4. The molecule has 2 unspecified atom stereocenters. The average Bonchev–Trinajstić information content (AvgIpc) is 2.82. The first-order chi connectivity index (χ1) is 10.6. The largest absolute Gasteiger partial charge is 0.331 e. The second-order valence-corrected chi connectivity index (χ2v) is 6.25. The van der Waals surface area contributed by atoms with E-state index in [0.717, 1.165) is 31.2 Å². The first-order valence-corrected chi connectivity index (χ1v) is 7.89. The predicted octanol–water partition coefficient (Wildman–Crippen LogP) is 2.53. The van der Waals surface area contributed by atoms with E-state index in [1.54, 1.807) is 12.1 Å².